The molecule has 0 saturated carbocycles. The lowest BCUT2D eigenvalue weighted by Gasteiger charge is -2.36. The summed E-state index contributed by atoms with van der Waals surface area (Å²) in [7, 11) is 1.61. The number of halogens is 1. The average molecular weight is 488 g/mol. The summed E-state index contributed by atoms with van der Waals surface area (Å²) in [5, 5.41) is 12.1. The van der Waals surface area contributed by atoms with Gasteiger partial charge in [0.15, 0.2) is 0 Å². The lowest BCUT2D eigenvalue weighted by Crippen LogP contribution is -2.46. The van der Waals surface area contributed by atoms with Crippen LogP contribution >= 0.6 is 23.4 Å². The molecule has 1 aliphatic heterocycles. The highest BCUT2D eigenvalue weighted by atomic mass is 35.5. The molecule has 1 fully saturated rings. The Hall–Kier alpha value is -2.75. The minimum atomic E-state index is -0.167. The van der Waals surface area contributed by atoms with Crippen LogP contribution < -0.4 is 15.0 Å². The predicted octanol–water partition coefficient (Wildman–Crippen LogP) is 4.27. The minimum absolute atomic E-state index is 0.139. The molecule has 1 N–H and O–H groups in total. The van der Waals surface area contributed by atoms with Gasteiger partial charge in [0.2, 0.25) is 11.8 Å². The molecule has 0 unspecified atom stereocenters. The Kier molecular flexibility index (Phi) is 7.74. The normalized spacial score (nSPS) is 14.3. The van der Waals surface area contributed by atoms with Crippen molar-refractivity contribution in [3.63, 3.8) is 0 Å². The van der Waals surface area contributed by atoms with Gasteiger partial charge in [-0.25, -0.2) is 0 Å². The van der Waals surface area contributed by atoms with Crippen LogP contribution in [-0.4, -0.2) is 66.6 Å². The maximum absolute atomic E-state index is 12.7. The lowest BCUT2D eigenvalue weighted by atomic mass is 10.2. The molecular formula is C23H26ClN5O3S. The molecule has 0 radical (unpaired) electrons. The average Bonchev–Trinajstić information content (AvgIpc) is 3.32. The summed E-state index contributed by atoms with van der Waals surface area (Å²) < 4.78 is 10.8. The summed E-state index contributed by atoms with van der Waals surface area (Å²) in [6.07, 6.45) is 0. The van der Waals surface area contributed by atoms with Gasteiger partial charge in [0, 0.05) is 31.7 Å². The van der Waals surface area contributed by atoms with Crippen LogP contribution in [0.2, 0.25) is 5.02 Å². The van der Waals surface area contributed by atoms with Gasteiger partial charge in [0.25, 0.3) is 5.22 Å². The SMILES string of the molecule is CCN1CCN(c2c(Cl)cccc2NC(=O)CSc2nnc(-c3ccc(OC)cc3)o2)CC1. The Morgan fingerprint density at radius 2 is 1.91 bits per heavy atom. The third-order valence-electron chi connectivity index (χ3n) is 5.47. The van der Waals surface area contributed by atoms with Crippen LogP contribution in [0.5, 0.6) is 5.75 Å². The van der Waals surface area contributed by atoms with Crippen LogP contribution in [0.4, 0.5) is 11.4 Å². The first-order chi connectivity index (χ1) is 16.1. The van der Waals surface area contributed by atoms with Crippen molar-refractivity contribution in [2.45, 2.75) is 12.1 Å². The number of hydrogen-bond donors (Lipinski definition) is 1. The summed E-state index contributed by atoms with van der Waals surface area (Å²) in [5.41, 5.74) is 2.36. The maximum Gasteiger partial charge on any atom is 0.277 e. The quantitative estimate of drug-likeness (QED) is 0.471. The van der Waals surface area contributed by atoms with Crippen molar-refractivity contribution in [2.75, 3.05) is 55.8 Å². The molecule has 10 heteroatoms. The number of methoxy groups -OCH3 is 1. The van der Waals surface area contributed by atoms with Crippen molar-refractivity contribution in [3.05, 3.63) is 47.5 Å². The van der Waals surface area contributed by atoms with Gasteiger partial charge in [-0.15, -0.1) is 10.2 Å². The molecule has 2 heterocycles. The highest BCUT2D eigenvalue weighted by Crippen LogP contribution is 2.35. The van der Waals surface area contributed by atoms with Crippen LogP contribution in [0.25, 0.3) is 11.5 Å². The molecule has 1 aliphatic rings. The van der Waals surface area contributed by atoms with Crippen molar-refractivity contribution in [3.8, 4) is 17.2 Å². The predicted molar refractivity (Wildman–Crippen MR) is 131 cm³/mol. The van der Waals surface area contributed by atoms with Crippen LogP contribution in [0.1, 0.15) is 6.92 Å². The van der Waals surface area contributed by atoms with Crippen molar-refractivity contribution in [1.82, 2.24) is 15.1 Å². The Morgan fingerprint density at radius 1 is 1.15 bits per heavy atom. The number of rotatable bonds is 8. The first-order valence-corrected chi connectivity index (χ1v) is 12.1. The molecule has 0 aliphatic carbocycles. The number of carbonyl (C=O) groups excluding carboxylic acids is 1. The zero-order chi connectivity index (χ0) is 23.2. The van der Waals surface area contributed by atoms with Gasteiger partial charge >= 0.3 is 0 Å². The summed E-state index contributed by atoms with van der Waals surface area (Å²) in [6.45, 7) is 6.87. The molecule has 4 rings (SSSR count). The van der Waals surface area contributed by atoms with E-state index in [-0.39, 0.29) is 11.7 Å². The number of piperazine rings is 1. The molecule has 0 spiro atoms. The number of thioether (sulfide) groups is 1. The van der Waals surface area contributed by atoms with Gasteiger partial charge < -0.3 is 24.3 Å². The molecule has 0 atom stereocenters. The summed E-state index contributed by atoms with van der Waals surface area (Å²) in [5.74, 6) is 1.11. The number of nitrogens with zero attached hydrogens (tertiary/aromatic N) is 4. The van der Waals surface area contributed by atoms with Crippen molar-refractivity contribution in [1.29, 1.82) is 0 Å². The number of aromatic nitrogens is 2. The zero-order valence-electron chi connectivity index (χ0n) is 18.6. The minimum Gasteiger partial charge on any atom is -0.497 e. The number of likely N-dealkylation sites (N-methyl/N-ethyl adjacent to an activating group) is 1. The van der Waals surface area contributed by atoms with Gasteiger partial charge in [-0.3, -0.25) is 4.79 Å². The third-order valence-corrected chi connectivity index (χ3v) is 6.59. The molecular weight excluding hydrogens is 462 g/mol. The van der Waals surface area contributed by atoms with E-state index in [1.54, 1.807) is 7.11 Å². The fourth-order valence-electron chi connectivity index (χ4n) is 3.66. The van der Waals surface area contributed by atoms with E-state index < -0.39 is 0 Å². The Morgan fingerprint density at radius 3 is 2.61 bits per heavy atom. The number of para-hydroxylation sites is 1. The van der Waals surface area contributed by atoms with Crippen molar-refractivity contribution < 1.29 is 13.9 Å². The first-order valence-electron chi connectivity index (χ1n) is 10.7. The monoisotopic (exact) mass is 487 g/mol. The first kappa shape index (κ1) is 23.4. The smallest absolute Gasteiger partial charge is 0.277 e. The van der Waals surface area contributed by atoms with E-state index in [9.17, 15) is 4.79 Å². The largest absolute Gasteiger partial charge is 0.497 e. The van der Waals surface area contributed by atoms with Crippen LogP contribution in [-0.2, 0) is 4.79 Å². The molecule has 2 aromatic carbocycles. The number of ether oxygens (including phenoxy) is 1. The highest BCUT2D eigenvalue weighted by Gasteiger charge is 2.21. The fraction of sp³-hybridized carbons (Fsp3) is 0.348. The van der Waals surface area contributed by atoms with E-state index in [2.05, 4.69) is 32.2 Å². The molecule has 1 saturated heterocycles. The van der Waals surface area contributed by atoms with E-state index >= 15 is 0 Å². The Labute approximate surface area is 202 Å². The summed E-state index contributed by atoms with van der Waals surface area (Å²) in [4.78, 5) is 17.3. The zero-order valence-corrected chi connectivity index (χ0v) is 20.2. The third kappa shape index (κ3) is 5.79. The second-order valence-electron chi connectivity index (χ2n) is 7.50. The lowest BCUT2D eigenvalue weighted by molar-refractivity contribution is -0.113. The van der Waals surface area contributed by atoms with Gasteiger partial charge in [0.1, 0.15) is 5.75 Å². The van der Waals surface area contributed by atoms with E-state index in [0.29, 0.717) is 21.8 Å². The number of amides is 1. The summed E-state index contributed by atoms with van der Waals surface area (Å²) >= 11 is 7.71. The van der Waals surface area contributed by atoms with Crippen LogP contribution in [0, 0.1) is 0 Å². The van der Waals surface area contributed by atoms with Crippen LogP contribution in [0.15, 0.2) is 52.1 Å². The molecule has 33 heavy (non-hydrogen) atoms. The topological polar surface area (TPSA) is 83.7 Å². The number of nitrogens with one attached hydrogen (secondary N) is 1. The van der Waals surface area contributed by atoms with Gasteiger partial charge in [-0.05, 0) is 42.9 Å². The molecule has 1 amide bonds. The molecule has 174 valence electrons. The highest BCUT2D eigenvalue weighted by molar-refractivity contribution is 7.99. The van der Waals surface area contributed by atoms with Crippen LogP contribution in [0.3, 0.4) is 0 Å². The standard InChI is InChI=1S/C23H26ClN5O3S/c1-3-28-11-13-29(14-12-28)21-18(24)5-4-6-19(21)25-20(30)15-33-23-27-26-22(32-23)16-7-9-17(31-2)10-8-16/h4-10H,3,11-15H2,1-2H3,(H,25,30). The Balaban J connectivity index is 1.37. The second kappa shape index (κ2) is 10.9. The van der Waals surface area contributed by atoms with E-state index in [0.717, 1.165) is 49.7 Å². The molecule has 8 nitrogen and oxygen atoms in total. The van der Waals surface area contributed by atoms with Crippen molar-refractivity contribution >= 4 is 40.6 Å². The molecule has 0 bridgehead atoms. The van der Waals surface area contributed by atoms with Gasteiger partial charge in [-0.2, -0.15) is 0 Å². The number of benzene rings is 2. The van der Waals surface area contributed by atoms with E-state index in [1.165, 1.54) is 11.8 Å². The number of hydrogen-bond acceptors (Lipinski definition) is 8. The summed E-state index contributed by atoms with van der Waals surface area (Å²) in [6, 6.07) is 12.9. The van der Waals surface area contributed by atoms with Gasteiger partial charge in [0.05, 0.1) is 29.3 Å². The Bertz CT molecular complexity index is 1080. The maximum atomic E-state index is 12.7. The molecule has 3 aromatic rings. The van der Waals surface area contributed by atoms with Gasteiger partial charge in [-0.1, -0.05) is 36.4 Å². The number of carbonyl (C=O) groups is 1. The van der Waals surface area contributed by atoms with Crippen molar-refractivity contribution in [2.24, 2.45) is 0 Å². The number of anilines is 2. The van der Waals surface area contributed by atoms with E-state index in [4.69, 9.17) is 20.8 Å². The van der Waals surface area contributed by atoms with E-state index in [1.807, 2.05) is 42.5 Å². The second-order valence-corrected chi connectivity index (χ2v) is 8.83. The molecule has 1 aromatic heterocycles. The fourth-order valence-corrected chi connectivity index (χ4v) is 4.51.